The average Bonchev–Trinajstić information content (AvgIpc) is 2.54. The monoisotopic (exact) mass is 342 g/mol. The molecule has 0 amide bonds. The van der Waals surface area contributed by atoms with E-state index in [1.165, 1.54) is 0 Å². The highest BCUT2D eigenvalue weighted by Gasteiger charge is 2.50. The van der Waals surface area contributed by atoms with Crippen LogP contribution < -0.4 is 0 Å². The molecule has 2 heterocycles. The smallest absolute Gasteiger partial charge is 0.187 e. The molecule has 23 heavy (non-hydrogen) atoms. The van der Waals surface area contributed by atoms with Crippen LogP contribution in [-0.2, 0) is 14.2 Å². The van der Waals surface area contributed by atoms with E-state index in [0.717, 1.165) is 0 Å². The second-order valence-corrected chi connectivity index (χ2v) is 5.53. The number of ether oxygens (including phenoxy) is 3. The molecule has 0 aromatic rings. The molecule has 2 saturated heterocycles. The maximum absolute atomic E-state index is 10.00. The molecule has 0 aromatic heterocycles. The Bertz CT molecular complexity index is 380. The number of aliphatic hydroxyl groups excluding tert-OH is 8. The molecule has 2 fully saturated rings. The van der Waals surface area contributed by atoms with Crippen LogP contribution in [0.15, 0.2) is 0 Å². The Balaban J connectivity index is 2.11. The molecule has 0 spiro atoms. The molecule has 10 atom stereocenters. The molecule has 2 rings (SSSR count). The SMILES string of the molecule is OC[C@H]1O[C@@H](O[C@H]2[C@@H](O)[C@@H](CO)O[C@H](O)[C@H]2O)[C@@H](O)[C@@H](O)[C@H]1O. The maximum atomic E-state index is 10.00. The second kappa shape index (κ2) is 7.63. The van der Waals surface area contributed by atoms with Crippen LogP contribution in [-0.4, -0.2) is 115 Å². The third-order valence-electron chi connectivity index (χ3n) is 3.98. The first kappa shape index (κ1) is 18.9. The van der Waals surface area contributed by atoms with Crippen molar-refractivity contribution >= 4 is 0 Å². The van der Waals surface area contributed by atoms with E-state index >= 15 is 0 Å². The van der Waals surface area contributed by atoms with Crippen molar-refractivity contribution < 1.29 is 55.1 Å². The van der Waals surface area contributed by atoms with E-state index in [2.05, 4.69) is 0 Å². The van der Waals surface area contributed by atoms with Crippen molar-refractivity contribution in [3.05, 3.63) is 0 Å². The molecule has 2 aliphatic heterocycles. The quantitative estimate of drug-likeness (QED) is 0.243. The van der Waals surface area contributed by atoms with Gasteiger partial charge in [-0.3, -0.25) is 0 Å². The van der Waals surface area contributed by atoms with Crippen molar-refractivity contribution in [1.29, 1.82) is 0 Å². The summed E-state index contributed by atoms with van der Waals surface area (Å²) < 4.78 is 15.1. The summed E-state index contributed by atoms with van der Waals surface area (Å²) in [5.41, 5.74) is 0. The van der Waals surface area contributed by atoms with Gasteiger partial charge in [0.2, 0.25) is 0 Å². The van der Waals surface area contributed by atoms with Gasteiger partial charge >= 0.3 is 0 Å². The molecule has 136 valence electrons. The van der Waals surface area contributed by atoms with Crippen molar-refractivity contribution in [2.75, 3.05) is 13.2 Å². The molecule has 11 heteroatoms. The van der Waals surface area contributed by atoms with E-state index < -0.39 is 74.6 Å². The molecule has 0 saturated carbocycles. The van der Waals surface area contributed by atoms with Gasteiger partial charge in [0.25, 0.3) is 0 Å². The van der Waals surface area contributed by atoms with Gasteiger partial charge in [-0.25, -0.2) is 0 Å². The van der Waals surface area contributed by atoms with Gasteiger partial charge in [0.05, 0.1) is 13.2 Å². The summed E-state index contributed by atoms with van der Waals surface area (Å²) in [7, 11) is 0. The Morgan fingerprint density at radius 1 is 0.652 bits per heavy atom. The van der Waals surface area contributed by atoms with Crippen molar-refractivity contribution in [3.8, 4) is 0 Å². The number of rotatable bonds is 4. The lowest BCUT2D eigenvalue weighted by molar-refractivity contribution is -0.355. The van der Waals surface area contributed by atoms with Gasteiger partial charge < -0.3 is 55.1 Å². The Hall–Kier alpha value is -0.440. The Morgan fingerprint density at radius 2 is 1.22 bits per heavy atom. The van der Waals surface area contributed by atoms with E-state index in [4.69, 9.17) is 24.4 Å². The normalized spacial score (nSPS) is 51.7. The zero-order valence-electron chi connectivity index (χ0n) is 12.0. The van der Waals surface area contributed by atoms with Crippen LogP contribution in [0.25, 0.3) is 0 Å². The number of hydrogen-bond acceptors (Lipinski definition) is 11. The van der Waals surface area contributed by atoms with Crippen LogP contribution >= 0.6 is 0 Å². The van der Waals surface area contributed by atoms with E-state index in [9.17, 15) is 30.6 Å². The first-order chi connectivity index (χ1) is 10.8. The molecule has 8 N–H and O–H groups in total. The maximum Gasteiger partial charge on any atom is 0.187 e. The van der Waals surface area contributed by atoms with Gasteiger partial charge in [0.15, 0.2) is 12.6 Å². The van der Waals surface area contributed by atoms with Crippen molar-refractivity contribution in [2.24, 2.45) is 0 Å². The molecule has 0 radical (unpaired) electrons. The summed E-state index contributed by atoms with van der Waals surface area (Å²) in [6, 6.07) is 0. The molecule has 0 aromatic carbocycles. The van der Waals surface area contributed by atoms with Crippen LogP contribution in [0.5, 0.6) is 0 Å². The Labute approximate surface area is 130 Å². The molecule has 11 nitrogen and oxygen atoms in total. The fourth-order valence-corrected chi connectivity index (χ4v) is 2.56. The van der Waals surface area contributed by atoms with Crippen molar-refractivity contribution in [3.63, 3.8) is 0 Å². The van der Waals surface area contributed by atoms with Gasteiger partial charge in [-0.1, -0.05) is 0 Å². The van der Waals surface area contributed by atoms with Crippen molar-refractivity contribution in [1.82, 2.24) is 0 Å². The van der Waals surface area contributed by atoms with Gasteiger partial charge in [-0.2, -0.15) is 0 Å². The summed E-state index contributed by atoms with van der Waals surface area (Å²) in [6.07, 6.45) is -15.7. The van der Waals surface area contributed by atoms with E-state index in [1.807, 2.05) is 0 Å². The van der Waals surface area contributed by atoms with Crippen LogP contribution in [0.4, 0.5) is 0 Å². The summed E-state index contributed by atoms with van der Waals surface area (Å²) in [5, 5.41) is 76.8. The fraction of sp³-hybridized carbons (Fsp3) is 1.00. The predicted molar refractivity (Wildman–Crippen MR) is 68.6 cm³/mol. The Morgan fingerprint density at radius 3 is 1.78 bits per heavy atom. The minimum atomic E-state index is -1.76. The lowest BCUT2D eigenvalue weighted by atomic mass is 9.97. The largest absolute Gasteiger partial charge is 0.394 e. The molecule has 0 aliphatic carbocycles. The van der Waals surface area contributed by atoms with Crippen LogP contribution in [0.1, 0.15) is 0 Å². The number of hydrogen-bond donors (Lipinski definition) is 8. The minimum absolute atomic E-state index is 0.667. The highest BCUT2D eigenvalue weighted by molar-refractivity contribution is 4.93. The van der Waals surface area contributed by atoms with E-state index in [-0.39, 0.29) is 0 Å². The third kappa shape index (κ3) is 3.65. The molecular formula is C12H22O11. The summed E-state index contributed by atoms with van der Waals surface area (Å²) in [4.78, 5) is 0. The average molecular weight is 342 g/mol. The predicted octanol–water partition coefficient (Wildman–Crippen LogP) is -5.40. The highest BCUT2D eigenvalue weighted by Crippen LogP contribution is 2.28. The van der Waals surface area contributed by atoms with Gasteiger partial charge in [0, 0.05) is 0 Å². The topological polar surface area (TPSA) is 190 Å². The van der Waals surface area contributed by atoms with Crippen LogP contribution in [0.2, 0.25) is 0 Å². The Kier molecular flexibility index (Phi) is 6.27. The first-order valence-electron chi connectivity index (χ1n) is 7.08. The second-order valence-electron chi connectivity index (χ2n) is 5.53. The third-order valence-corrected chi connectivity index (χ3v) is 3.98. The van der Waals surface area contributed by atoms with Gasteiger partial charge in [-0.15, -0.1) is 0 Å². The zero-order valence-corrected chi connectivity index (χ0v) is 12.0. The molecule has 2 aliphatic rings. The fourth-order valence-electron chi connectivity index (χ4n) is 2.56. The summed E-state index contributed by atoms with van der Waals surface area (Å²) >= 11 is 0. The highest BCUT2D eigenvalue weighted by atomic mass is 16.7. The lowest BCUT2D eigenvalue weighted by Gasteiger charge is -2.45. The summed E-state index contributed by atoms with van der Waals surface area (Å²) in [5.74, 6) is 0. The van der Waals surface area contributed by atoms with E-state index in [1.54, 1.807) is 0 Å². The van der Waals surface area contributed by atoms with Gasteiger partial charge in [0.1, 0.15) is 48.8 Å². The van der Waals surface area contributed by atoms with Crippen LogP contribution in [0.3, 0.4) is 0 Å². The van der Waals surface area contributed by atoms with Crippen LogP contribution in [0, 0.1) is 0 Å². The molecule has 0 bridgehead atoms. The van der Waals surface area contributed by atoms with E-state index in [0.29, 0.717) is 0 Å². The van der Waals surface area contributed by atoms with Gasteiger partial charge in [-0.05, 0) is 0 Å². The number of aliphatic hydroxyl groups is 8. The summed E-state index contributed by atoms with van der Waals surface area (Å²) in [6.45, 7) is -1.34. The molecule has 0 unspecified atom stereocenters. The zero-order chi connectivity index (χ0) is 17.3. The first-order valence-corrected chi connectivity index (χ1v) is 7.08. The van der Waals surface area contributed by atoms with Crippen molar-refractivity contribution in [2.45, 2.75) is 61.4 Å². The lowest BCUT2D eigenvalue weighted by Crippen LogP contribution is -2.64. The standard InChI is InChI=1S/C12H22O11/c13-1-3-5(15)7(17)8(18)12(22-3)23-10-6(16)4(2-14)21-11(20)9(10)19/h3-20H,1-2H2/t3-,4-,5+,6+,7+,8+,9+,10+,11+,12+/m1/s1. The minimum Gasteiger partial charge on any atom is -0.394 e. The molecular weight excluding hydrogens is 320 g/mol.